The SMILES string of the molecule is Nc1c(N=Nc2ccc3c(O)c(N=Nc4cc(N=Nc5c(OC=O)[nH]n(-c6ccc(S(=O)(=O)O)cc6)c5=O)cc(C(=O)O)c4)c(S(=O)(=O)O)cc3c2S(=O)(=O)O)cc(S(=O)(=O)O)c2ccc(N=Nc3ccc([N+](=O)[O-])cc3S(=O)(=O)O)c(O)c12. The standard InChI is InChI=1S/C43H28N12O24S5/c44-35-30(16-31(81(67,68)69)25-7-9-28(39(58)34(25)35)48-47-27-8-3-22(55(62)63)14-32(27)82(70,71)72)50-49-29-10-6-24-26(40(29)84(76,77)78)15-33(83(73,74)75)36(38(24)57)51-45-19-11-18(43(60)61)12-20(13-19)46-52-37-41(79-17-56)53-54(42(37)59)21-1-4-23(5-2-21)80(64,65)66/h1-17,53,57-58H,44H2,(H,60,61)(H,64,65,66)(H,67,68,69)(H,70,71,72)(H,73,74,75)(H,76,77,78). The van der Waals surface area contributed by atoms with Crippen molar-refractivity contribution in [1.82, 2.24) is 9.78 Å². The number of nitrogens with two attached hydrogens (primary N) is 1. The number of nitrogens with one attached hydrogen (secondary N) is 1. The van der Waals surface area contributed by atoms with Gasteiger partial charge in [-0.3, -0.25) is 47.6 Å². The van der Waals surface area contributed by atoms with Crippen LogP contribution in [0.5, 0.6) is 17.4 Å². The molecule has 0 bridgehead atoms. The van der Waals surface area contributed by atoms with E-state index in [-0.39, 0.29) is 12.2 Å². The number of nitro groups is 1. The fourth-order valence-corrected chi connectivity index (χ4v) is 10.9. The molecule has 0 aliphatic rings. The number of rotatable bonds is 18. The molecule has 0 unspecified atom stereocenters. The number of aromatic hydroxyl groups is 2. The Morgan fingerprint density at radius 3 is 1.69 bits per heavy atom. The summed E-state index contributed by atoms with van der Waals surface area (Å²) in [5.74, 6) is -4.65. The van der Waals surface area contributed by atoms with Gasteiger partial charge in [0.25, 0.3) is 62.8 Å². The predicted molar refractivity (Wildman–Crippen MR) is 281 cm³/mol. The number of H-pyrrole nitrogens is 1. The minimum absolute atomic E-state index is 0.0814. The smallest absolute Gasteiger partial charge is 0.335 e. The minimum atomic E-state index is -5.68. The molecule has 0 radical (unpaired) electrons. The number of nitrogen functional groups attached to an aromatic ring is 1. The maximum atomic E-state index is 13.4. The predicted octanol–water partition coefficient (Wildman–Crippen LogP) is 7.50. The van der Waals surface area contributed by atoms with Crippen molar-refractivity contribution in [2.75, 3.05) is 5.73 Å². The molecule has 7 aromatic carbocycles. The normalized spacial score (nSPS) is 12.8. The highest BCUT2D eigenvalue weighted by Crippen LogP contribution is 2.48. The Labute approximate surface area is 465 Å². The fourth-order valence-electron chi connectivity index (χ4n) is 7.61. The summed E-state index contributed by atoms with van der Waals surface area (Å²) < 4.78 is 180. The Kier molecular flexibility index (Phi) is 15.6. The van der Waals surface area contributed by atoms with Crippen molar-refractivity contribution in [3.8, 4) is 23.1 Å². The summed E-state index contributed by atoms with van der Waals surface area (Å²) in [7, 11) is -26.5. The summed E-state index contributed by atoms with van der Waals surface area (Å²) >= 11 is 0. The second-order valence-electron chi connectivity index (χ2n) is 16.5. The molecular weight excluding hydrogens is 1230 g/mol. The molecule has 36 nitrogen and oxygen atoms in total. The van der Waals surface area contributed by atoms with Crippen LogP contribution < -0.4 is 16.0 Å². The van der Waals surface area contributed by atoms with Crippen LogP contribution in [0.3, 0.4) is 0 Å². The molecule has 84 heavy (non-hydrogen) atoms. The van der Waals surface area contributed by atoms with E-state index in [9.17, 15) is 105 Å². The Hall–Kier alpha value is -10.2. The molecule has 0 amide bonds. The lowest BCUT2D eigenvalue weighted by molar-refractivity contribution is -0.385. The number of aromatic carboxylic acids is 1. The quantitative estimate of drug-likeness (QED) is 0.00992. The van der Waals surface area contributed by atoms with E-state index >= 15 is 0 Å². The molecule has 1 heterocycles. The number of hydrogen-bond donors (Lipinski definition) is 10. The topological polar surface area (TPSA) is 582 Å². The average molecular weight is 1260 g/mol. The number of anilines is 1. The number of non-ortho nitro benzene ring substituents is 1. The number of nitro benzene ring substituents is 1. The minimum Gasteiger partial charge on any atom is -0.505 e. The van der Waals surface area contributed by atoms with Crippen LogP contribution in [0.1, 0.15) is 10.4 Å². The van der Waals surface area contributed by atoms with Gasteiger partial charge in [0.2, 0.25) is 11.6 Å². The lowest BCUT2D eigenvalue weighted by Gasteiger charge is -2.13. The average Bonchev–Trinajstić information content (AvgIpc) is 2.58. The molecule has 0 aliphatic heterocycles. The Bertz CT molecular complexity index is 4990. The molecule has 8 rings (SSSR count). The molecule has 1 aromatic heterocycles. The van der Waals surface area contributed by atoms with Gasteiger partial charge >= 0.3 is 11.5 Å². The number of nitrogens with zero attached hydrogens (tertiary/aromatic N) is 10. The molecule has 0 saturated heterocycles. The van der Waals surface area contributed by atoms with Gasteiger partial charge in [-0.2, -0.15) is 52.3 Å². The number of ether oxygens (including phenoxy) is 1. The third-order valence-corrected chi connectivity index (χ3v) is 15.7. The van der Waals surface area contributed by atoms with Crippen molar-refractivity contribution < 1.29 is 99.4 Å². The molecule has 41 heteroatoms. The van der Waals surface area contributed by atoms with Gasteiger partial charge in [-0.05, 0) is 78.9 Å². The lowest BCUT2D eigenvalue weighted by Crippen LogP contribution is -2.14. The van der Waals surface area contributed by atoms with E-state index in [4.69, 9.17) is 10.5 Å². The van der Waals surface area contributed by atoms with Crippen LogP contribution in [0.4, 0.5) is 56.9 Å². The van der Waals surface area contributed by atoms with Crippen LogP contribution in [0.25, 0.3) is 27.2 Å². The molecule has 0 fully saturated rings. The number of hydrogen-bond acceptors (Lipinski definition) is 27. The number of phenols is 2. The van der Waals surface area contributed by atoms with Crippen LogP contribution in [0.2, 0.25) is 0 Å². The highest BCUT2D eigenvalue weighted by Gasteiger charge is 2.30. The molecule has 11 N–H and O–H groups in total. The van der Waals surface area contributed by atoms with Crippen molar-refractivity contribution in [3.05, 3.63) is 123 Å². The first-order chi connectivity index (χ1) is 39.1. The number of azo groups is 4. The van der Waals surface area contributed by atoms with Gasteiger partial charge in [0, 0.05) is 28.3 Å². The van der Waals surface area contributed by atoms with E-state index in [1.54, 1.807) is 0 Å². The highest BCUT2D eigenvalue weighted by molar-refractivity contribution is 7.87. The lowest BCUT2D eigenvalue weighted by atomic mass is 10.1. The van der Waals surface area contributed by atoms with Crippen LogP contribution in [-0.4, -0.2) is 107 Å². The second-order valence-corrected chi connectivity index (χ2v) is 23.5. The number of carboxylic acids is 1. The van der Waals surface area contributed by atoms with E-state index in [0.717, 1.165) is 78.9 Å². The summed E-state index contributed by atoms with van der Waals surface area (Å²) in [6.45, 7) is -0.122. The zero-order chi connectivity index (χ0) is 61.8. The van der Waals surface area contributed by atoms with E-state index < -0.39 is 193 Å². The number of benzene rings is 7. The number of aromatic nitrogens is 2. The van der Waals surface area contributed by atoms with Crippen molar-refractivity contribution in [3.63, 3.8) is 0 Å². The molecule has 434 valence electrons. The van der Waals surface area contributed by atoms with Crippen LogP contribution in [0.15, 0.2) is 167 Å². The largest absolute Gasteiger partial charge is 0.505 e. The third kappa shape index (κ3) is 12.2. The highest BCUT2D eigenvalue weighted by atomic mass is 32.2. The van der Waals surface area contributed by atoms with Crippen molar-refractivity contribution in [1.29, 1.82) is 0 Å². The zero-order valence-electron chi connectivity index (χ0n) is 40.5. The third-order valence-electron chi connectivity index (χ3n) is 11.2. The first kappa shape index (κ1) is 59.9. The zero-order valence-corrected chi connectivity index (χ0v) is 44.6. The number of phenolic OH excluding ortho intramolecular Hbond substituents is 2. The summed E-state index contributed by atoms with van der Waals surface area (Å²) in [4.78, 5) is 41.5. The van der Waals surface area contributed by atoms with E-state index in [2.05, 4.69) is 46.0 Å². The van der Waals surface area contributed by atoms with E-state index in [0.29, 0.717) is 22.9 Å². The van der Waals surface area contributed by atoms with E-state index in [1.807, 2.05) is 0 Å². The Balaban J connectivity index is 1.20. The second kappa shape index (κ2) is 21.9. The van der Waals surface area contributed by atoms with Gasteiger partial charge in [-0.15, -0.1) is 30.7 Å². The van der Waals surface area contributed by atoms with Crippen molar-refractivity contribution in [2.24, 2.45) is 40.9 Å². The van der Waals surface area contributed by atoms with Crippen LogP contribution in [0, 0.1) is 10.1 Å². The first-order valence-electron chi connectivity index (χ1n) is 21.8. The van der Waals surface area contributed by atoms with Crippen molar-refractivity contribution >= 4 is 141 Å². The number of carbonyl (C=O) groups is 2. The van der Waals surface area contributed by atoms with Crippen LogP contribution in [-0.2, 0) is 55.4 Å². The summed E-state index contributed by atoms with van der Waals surface area (Å²) in [5.41, 5.74) is -3.03. The maximum Gasteiger partial charge on any atom is 0.335 e. The molecule has 0 saturated carbocycles. The Morgan fingerprint density at radius 2 is 1.13 bits per heavy atom. The molecule has 0 aliphatic carbocycles. The van der Waals surface area contributed by atoms with Gasteiger partial charge in [-0.1, -0.05) is 6.07 Å². The molecular formula is C43H28N12O24S5. The Morgan fingerprint density at radius 1 is 0.583 bits per heavy atom. The molecule has 0 spiro atoms. The maximum absolute atomic E-state index is 13.4. The van der Waals surface area contributed by atoms with Gasteiger partial charge in [0.15, 0.2) is 11.5 Å². The summed E-state index contributed by atoms with van der Waals surface area (Å²) in [6, 6.07) is 12.8. The monoisotopic (exact) mass is 1260 g/mol. The van der Waals surface area contributed by atoms with Crippen molar-refractivity contribution in [2.45, 2.75) is 24.5 Å². The van der Waals surface area contributed by atoms with Gasteiger partial charge in [0.05, 0.1) is 43.5 Å². The molecule has 8 aromatic rings. The van der Waals surface area contributed by atoms with Gasteiger partial charge < -0.3 is 25.8 Å². The van der Waals surface area contributed by atoms with Gasteiger partial charge in [0.1, 0.15) is 48.0 Å². The van der Waals surface area contributed by atoms with E-state index in [1.165, 1.54) is 0 Å². The number of carboxylic acid groups (broad SMARTS) is 1. The molecule has 0 atom stereocenters. The number of fused-ring (bicyclic) bond motifs is 2. The summed E-state index contributed by atoms with van der Waals surface area (Å²) in [5, 5.41) is 73.0. The number of aromatic amines is 1. The fraction of sp³-hybridized carbons (Fsp3) is 0. The van der Waals surface area contributed by atoms with Gasteiger partial charge in [-0.25, -0.2) is 9.48 Å². The number of carbonyl (C=O) groups excluding carboxylic acids is 1. The summed E-state index contributed by atoms with van der Waals surface area (Å²) in [6.07, 6.45) is 0. The first-order valence-corrected chi connectivity index (χ1v) is 29.0. The van der Waals surface area contributed by atoms with Crippen LogP contribution >= 0.6 is 0 Å².